The standard InChI is InChI=1S/C16H30N2OS/c1-20-16(9-3-2-4-10-16)12-18-15(19)14-7-5-13(11-17)6-8-14/h13-14H,2-12,17H2,1H3,(H,18,19). The highest BCUT2D eigenvalue weighted by Crippen LogP contribution is 2.38. The van der Waals surface area contributed by atoms with Gasteiger partial charge in [-0.1, -0.05) is 19.3 Å². The molecule has 20 heavy (non-hydrogen) atoms. The second-order valence-electron chi connectivity index (χ2n) is 6.62. The fourth-order valence-electron chi connectivity index (χ4n) is 3.70. The summed E-state index contributed by atoms with van der Waals surface area (Å²) in [4.78, 5) is 12.3. The molecular weight excluding hydrogens is 268 g/mol. The smallest absolute Gasteiger partial charge is 0.223 e. The van der Waals surface area contributed by atoms with E-state index in [1.807, 2.05) is 11.8 Å². The quantitative estimate of drug-likeness (QED) is 0.820. The number of thioether (sulfide) groups is 1. The lowest BCUT2D eigenvalue weighted by molar-refractivity contribution is -0.126. The third-order valence-corrected chi connectivity index (χ3v) is 6.75. The maximum absolute atomic E-state index is 12.3. The van der Waals surface area contributed by atoms with Gasteiger partial charge in [-0.05, 0) is 57.2 Å². The van der Waals surface area contributed by atoms with Gasteiger partial charge in [0.1, 0.15) is 0 Å². The van der Waals surface area contributed by atoms with E-state index >= 15 is 0 Å². The van der Waals surface area contributed by atoms with Crippen molar-refractivity contribution in [2.45, 2.75) is 62.5 Å². The number of rotatable bonds is 5. The molecule has 0 unspecified atom stereocenters. The predicted molar refractivity (Wildman–Crippen MR) is 86.8 cm³/mol. The van der Waals surface area contributed by atoms with Gasteiger partial charge in [-0.2, -0.15) is 11.8 Å². The fourth-order valence-corrected chi connectivity index (χ4v) is 4.62. The summed E-state index contributed by atoms with van der Waals surface area (Å²) < 4.78 is 0.308. The van der Waals surface area contributed by atoms with E-state index in [1.165, 1.54) is 32.1 Å². The summed E-state index contributed by atoms with van der Waals surface area (Å²) >= 11 is 1.95. The van der Waals surface area contributed by atoms with E-state index in [1.54, 1.807) is 0 Å². The molecule has 0 radical (unpaired) electrons. The summed E-state index contributed by atoms with van der Waals surface area (Å²) in [7, 11) is 0. The molecule has 2 saturated carbocycles. The largest absolute Gasteiger partial charge is 0.354 e. The average Bonchev–Trinajstić information content (AvgIpc) is 2.53. The van der Waals surface area contributed by atoms with Crippen molar-refractivity contribution in [2.75, 3.05) is 19.3 Å². The highest BCUT2D eigenvalue weighted by Gasteiger charge is 2.33. The zero-order chi connectivity index (χ0) is 14.4. The molecule has 2 aliphatic rings. The lowest BCUT2D eigenvalue weighted by atomic mass is 9.81. The first-order chi connectivity index (χ1) is 9.69. The van der Waals surface area contributed by atoms with Gasteiger partial charge in [0.15, 0.2) is 0 Å². The van der Waals surface area contributed by atoms with Gasteiger partial charge in [0, 0.05) is 17.2 Å². The number of nitrogens with one attached hydrogen (secondary N) is 1. The monoisotopic (exact) mass is 298 g/mol. The van der Waals surface area contributed by atoms with Gasteiger partial charge in [-0.3, -0.25) is 4.79 Å². The van der Waals surface area contributed by atoms with Gasteiger partial charge in [-0.25, -0.2) is 0 Å². The summed E-state index contributed by atoms with van der Waals surface area (Å²) in [6, 6.07) is 0. The van der Waals surface area contributed by atoms with Crippen LogP contribution < -0.4 is 11.1 Å². The first-order valence-electron chi connectivity index (χ1n) is 8.22. The van der Waals surface area contributed by atoms with Gasteiger partial charge < -0.3 is 11.1 Å². The SMILES string of the molecule is CSC1(CNC(=O)C2CCC(CN)CC2)CCCCC1. The van der Waals surface area contributed by atoms with Gasteiger partial charge in [0.2, 0.25) is 5.91 Å². The minimum Gasteiger partial charge on any atom is -0.354 e. The van der Waals surface area contributed by atoms with Gasteiger partial charge in [0.25, 0.3) is 0 Å². The maximum Gasteiger partial charge on any atom is 0.223 e. The van der Waals surface area contributed by atoms with Crippen molar-refractivity contribution in [3.05, 3.63) is 0 Å². The van der Waals surface area contributed by atoms with Crippen LogP contribution >= 0.6 is 11.8 Å². The lowest BCUT2D eigenvalue weighted by Gasteiger charge is -2.36. The van der Waals surface area contributed by atoms with E-state index in [2.05, 4.69) is 11.6 Å². The highest BCUT2D eigenvalue weighted by molar-refractivity contribution is 8.00. The average molecular weight is 298 g/mol. The van der Waals surface area contributed by atoms with Crippen molar-refractivity contribution in [1.29, 1.82) is 0 Å². The Kier molecular flexibility index (Phi) is 6.21. The van der Waals surface area contributed by atoms with Crippen LogP contribution in [0, 0.1) is 11.8 Å². The minimum atomic E-state index is 0.236. The maximum atomic E-state index is 12.3. The zero-order valence-corrected chi connectivity index (χ0v) is 13.6. The summed E-state index contributed by atoms with van der Waals surface area (Å²) in [6.07, 6.45) is 13.0. The topological polar surface area (TPSA) is 55.1 Å². The summed E-state index contributed by atoms with van der Waals surface area (Å²) in [5.74, 6) is 1.18. The van der Waals surface area contributed by atoms with Crippen molar-refractivity contribution in [3.8, 4) is 0 Å². The van der Waals surface area contributed by atoms with Gasteiger partial charge in [-0.15, -0.1) is 0 Å². The Hall–Kier alpha value is -0.220. The third-order valence-electron chi connectivity index (χ3n) is 5.33. The molecule has 0 aromatic rings. The van der Waals surface area contributed by atoms with Crippen molar-refractivity contribution >= 4 is 17.7 Å². The molecule has 2 fully saturated rings. The van der Waals surface area contributed by atoms with Crippen molar-refractivity contribution in [3.63, 3.8) is 0 Å². The van der Waals surface area contributed by atoms with Crippen molar-refractivity contribution in [1.82, 2.24) is 5.32 Å². The second-order valence-corrected chi connectivity index (χ2v) is 7.89. The van der Waals surface area contributed by atoms with Crippen LogP contribution in [0.25, 0.3) is 0 Å². The number of hydrogen-bond donors (Lipinski definition) is 2. The van der Waals surface area contributed by atoms with Gasteiger partial charge in [0.05, 0.1) is 0 Å². The van der Waals surface area contributed by atoms with Crippen LogP contribution in [0.1, 0.15) is 57.8 Å². The Morgan fingerprint density at radius 1 is 1.20 bits per heavy atom. The molecule has 2 rings (SSSR count). The second kappa shape index (κ2) is 7.69. The molecule has 4 heteroatoms. The van der Waals surface area contributed by atoms with Crippen LogP contribution in [0.15, 0.2) is 0 Å². The van der Waals surface area contributed by atoms with Crippen molar-refractivity contribution < 1.29 is 4.79 Å². The zero-order valence-electron chi connectivity index (χ0n) is 12.8. The van der Waals surface area contributed by atoms with E-state index in [0.29, 0.717) is 16.6 Å². The first-order valence-corrected chi connectivity index (χ1v) is 9.44. The minimum absolute atomic E-state index is 0.236. The molecule has 0 aromatic carbocycles. The molecular formula is C16H30N2OS. The molecule has 3 nitrogen and oxygen atoms in total. The lowest BCUT2D eigenvalue weighted by Crippen LogP contribution is -2.44. The van der Waals surface area contributed by atoms with Crippen LogP contribution in [0.4, 0.5) is 0 Å². The summed E-state index contributed by atoms with van der Waals surface area (Å²) in [5, 5.41) is 3.26. The first kappa shape index (κ1) is 16.2. The molecule has 0 aliphatic heterocycles. The van der Waals surface area contributed by atoms with E-state index in [4.69, 9.17) is 5.73 Å². The number of nitrogens with two attached hydrogens (primary N) is 1. The molecule has 0 atom stereocenters. The van der Waals surface area contributed by atoms with Crippen LogP contribution in [0.2, 0.25) is 0 Å². The molecule has 0 saturated heterocycles. The van der Waals surface area contributed by atoms with E-state index in [-0.39, 0.29) is 5.92 Å². The Morgan fingerprint density at radius 2 is 1.85 bits per heavy atom. The molecule has 1 amide bonds. The van der Waals surface area contributed by atoms with E-state index in [9.17, 15) is 4.79 Å². The molecule has 2 aliphatic carbocycles. The predicted octanol–water partition coefficient (Wildman–Crippen LogP) is 2.93. The Labute approximate surface area is 127 Å². The van der Waals surface area contributed by atoms with Gasteiger partial charge >= 0.3 is 0 Å². The Bertz CT molecular complexity index is 308. The highest BCUT2D eigenvalue weighted by atomic mass is 32.2. The normalized spacial score (nSPS) is 29.9. The van der Waals surface area contributed by atoms with E-state index in [0.717, 1.165) is 38.8 Å². The van der Waals surface area contributed by atoms with Crippen LogP contribution in [0.3, 0.4) is 0 Å². The number of amides is 1. The van der Waals surface area contributed by atoms with Crippen LogP contribution in [-0.4, -0.2) is 30.0 Å². The molecule has 0 heterocycles. The fraction of sp³-hybridized carbons (Fsp3) is 0.938. The van der Waals surface area contributed by atoms with E-state index < -0.39 is 0 Å². The Morgan fingerprint density at radius 3 is 2.40 bits per heavy atom. The van der Waals surface area contributed by atoms with Crippen LogP contribution in [0.5, 0.6) is 0 Å². The summed E-state index contributed by atoms with van der Waals surface area (Å²) in [5.41, 5.74) is 5.71. The van der Waals surface area contributed by atoms with Crippen LogP contribution in [-0.2, 0) is 4.79 Å². The third kappa shape index (κ3) is 4.14. The van der Waals surface area contributed by atoms with Crippen molar-refractivity contribution in [2.24, 2.45) is 17.6 Å². The molecule has 116 valence electrons. The molecule has 0 spiro atoms. The molecule has 0 aromatic heterocycles. The Balaban J connectivity index is 1.77. The number of carbonyl (C=O) groups excluding carboxylic acids is 1. The molecule has 0 bridgehead atoms. The summed E-state index contributed by atoms with van der Waals surface area (Å²) in [6.45, 7) is 1.65. The molecule has 3 N–H and O–H groups in total. The number of carbonyl (C=O) groups is 1. The number of hydrogen-bond acceptors (Lipinski definition) is 3.